The normalized spacial score (nSPS) is 10.6. The van der Waals surface area contributed by atoms with Gasteiger partial charge in [0, 0.05) is 12.8 Å². The highest BCUT2D eigenvalue weighted by molar-refractivity contribution is 6.30. The molecule has 0 atom stereocenters. The number of unbranched alkanes of at least 4 members (excludes halogenated alkanes) is 1. The minimum Gasteiger partial charge on any atom is -0.525 e. The summed E-state index contributed by atoms with van der Waals surface area (Å²) in [7, 11) is -0.691. The first kappa shape index (κ1) is 13.2. The molecule has 0 amide bonds. The fourth-order valence-electron chi connectivity index (χ4n) is 0.994. The summed E-state index contributed by atoms with van der Waals surface area (Å²) < 4.78 is 5.03. The molecule has 0 rings (SSSR count). The van der Waals surface area contributed by atoms with Gasteiger partial charge in [-0.15, -0.1) is 0 Å². The second-order valence-electron chi connectivity index (χ2n) is 3.17. The number of carbonyl (C=O) groups is 2. The van der Waals surface area contributed by atoms with Crippen molar-refractivity contribution >= 4 is 21.7 Å². The maximum Gasteiger partial charge on any atom is 0.303 e. The molecule has 0 fully saturated rings. The van der Waals surface area contributed by atoms with E-state index in [1.165, 1.54) is 0 Å². The molecule has 0 bridgehead atoms. The van der Waals surface area contributed by atoms with Gasteiger partial charge in [-0.05, 0) is 12.5 Å². The molecule has 0 aliphatic carbocycles. The van der Waals surface area contributed by atoms with Crippen LogP contribution in [-0.2, 0) is 14.0 Å². The molecule has 14 heavy (non-hydrogen) atoms. The minimum atomic E-state index is -0.860. The van der Waals surface area contributed by atoms with E-state index >= 15 is 0 Å². The molecule has 82 valence electrons. The summed E-state index contributed by atoms with van der Waals surface area (Å²) in [6, 6.07) is 1.03. The Kier molecular flexibility index (Phi) is 8.22. The Balaban J connectivity index is 3.24. The third-order valence-electron chi connectivity index (χ3n) is 1.78. The van der Waals surface area contributed by atoms with Crippen molar-refractivity contribution in [2.75, 3.05) is 0 Å². The maximum atomic E-state index is 11.0. The van der Waals surface area contributed by atoms with Gasteiger partial charge in [0.25, 0.3) is 5.97 Å². The highest BCUT2D eigenvalue weighted by Crippen LogP contribution is 1.99. The van der Waals surface area contributed by atoms with Gasteiger partial charge in [0.15, 0.2) is 0 Å². The zero-order valence-corrected chi connectivity index (χ0v) is 10.0. The summed E-state index contributed by atoms with van der Waals surface area (Å²) in [6.45, 7) is 2.10. The van der Waals surface area contributed by atoms with Crippen LogP contribution >= 0.6 is 0 Å². The first-order valence-electron chi connectivity index (χ1n) is 5.04. The van der Waals surface area contributed by atoms with E-state index in [-0.39, 0.29) is 18.8 Å². The zero-order valence-electron chi connectivity index (χ0n) is 8.62. The van der Waals surface area contributed by atoms with Crippen molar-refractivity contribution in [2.24, 2.45) is 0 Å². The molecule has 4 nitrogen and oxygen atoms in total. The van der Waals surface area contributed by atoms with Crippen LogP contribution in [0, 0.1) is 0 Å². The molecule has 0 heterocycles. The van der Waals surface area contributed by atoms with Crippen molar-refractivity contribution in [3.8, 4) is 0 Å². The molecule has 0 aromatic rings. The molecule has 0 aliphatic rings. The van der Waals surface area contributed by atoms with Crippen LogP contribution < -0.4 is 0 Å². The van der Waals surface area contributed by atoms with Gasteiger partial charge in [-0.2, -0.15) is 0 Å². The number of rotatable bonds is 8. The molecule has 0 aromatic carbocycles. The molecule has 5 heteroatoms. The van der Waals surface area contributed by atoms with E-state index < -0.39 is 15.7 Å². The number of aliphatic carboxylic acids is 1. The molecule has 0 saturated carbocycles. The lowest BCUT2D eigenvalue weighted by atomic mass is 10.2. The van der Waals surface area contributed by atoms with Crippen LogP contribution in [0.3, 0.4) is 0 Å². The topological polar surface area (TPSA) is 63.6 Å². The van der Waals surface area contributed by atoms with Crippen molar-refractivity contribution in [1.82, 2.24) is 0 Å². The van der Waals surface area contributed by atoms with E-state index in [0.717, 1.165) is 18.9 Å². The fourth-order valence-corrected chi connectivity index (χ4v) is 2.21. The van der Waals surface area contributed by atoms with E-state index in [9.17, 15) is 9.59 Å². The first-order valence-corrected chi connectivity index (χ1v) is 6.62. The van der Waals surface area contributed by atoms with Gasteiger partial charge < -0.3 is 9.53 Å². The van der Waals surface area contributed by atoms with Gasteiger partial charge in [0.05, 0.1) is 0 Å². The number of carboxylic acids is 1. The molecular formula is C9H18O4Si. The monoisotopic (exact) mass is 218 g/mol. The standard InChI is InChI=1S/C9H18O4Si/c1-2-3-7-14-13-9(12)6-4-5-8(10)11/h2-7,14H2,1H3,(H,10,11). The van der Waals surface area contributed by atoms with Crippen molar-refractivity contribution in [2.45, 2.75) is 45.1 Å². The maximum absolute atomic E-state index is 11.0. The van der Waals surface area contributed by atoms with Crippen molar-refractivity contribution in [1.29, 1.82) is 0 Å². The van der Waals surface area contributed by atoms with Gasteiger partial charge >= 0.3 is 5.97 Å². The third-order valence-corrected chi connectivity index (χ3v) is 3.10. The second-order valence-corrected chi connectivity index (χ2v) is 4.58. The summed E-state index contributed by atoms with van der Waals surface area (Å²) in [5.74, 6) is -1.09. The predicted octanol–water partition coefficient (Wildman–Crippen LogP) is 1.09. The van der Waals surface area contributed by atoms with Gasteiger partial charge in [0.2, 0.25) is 9.76 Å². The minimum absolute atomic E-state index is 0.0472. The van der Waals surface area contributed by atoms with Gasteiger partial charge in [0.1, 0.15) is 0 Å². The van der Waals surface area contributed by atoms with Crippen LogP contribution in [0.4, 0.5) is 0 Å². The number of carbonyl (C=O) groups excluding carboxylic acids is 1. The van der Waals surface area contributed by atoms with Crippen LogP contribution in [0.15, 0.2) is 0 Å². The average Bonchev–Trinajstić information content (AvgIpc) is 2.12. The van der Waals surface area contributed by atoms with Crippen molar-refractivity contribution in [3.63, 3.8) is 0 Å². The van der Waals surface area contributed by atoms with E-state index in [0.29, 0.717) is 6.42 Å². The van der Waals surface area contributed by atoms with Gasteiger partial charge in [-0.1, -0.05) is 19.8 Å². The summed E-state index contributed by atoms with van der Waals surface area (Å²) in [5.41, 5.74) is 0. The largest absolute Gasteiger partial charge is 0.525 e. The first-order chi connectivity index (χ1) is 6.66. The summed E-state index contributed by atoms with van der Waals surface area (Å²) in [5, 5.41) is 8.33. The molecule has 0 aliphatic heterocycles. The van der Waals surface area contributed by atoms with E-state index in [2.05, 4.69) is 6.92 Å². The lowest BCUT2D eigenvalue weighted by Gasteiger charge is -2.02. The molecule has 0 aromatic heterocycles. The van der Waals surface area contributed by atoms with Gasteiger partial charge in [-0.3, -0.25) is 9.59 Å². The van der Waals surface area contributed by atoms with Crippen LogP contribution in [0.25, 0.3) is 0 Å². The number of carboxylic acid groups (broad SMARTS) is 1. The molecular weight excluding hydrogens is 200 g/mol. The smallest absolute Gasteiger partial charge is 0.303 e. The van der Waals surface area contributed by atoms with E-state index in [1.807, 2.05) is 0 Å². The Bertz CT molecular complexity index is 182. The van der Waals surface area contributed by atoms with Crippen LogP contribution in [0.1, 0.15) is 39.0 Å². The molecule has 0 radical (unpaired) electrons. The highest BCUT2D eigenvalue weighted by Gasteiger charge is 2.04. The summed E-state index contributed by atoms with van der Waals surface area (Å²) in [6.07, 6.45) is 2.92. The van der Waals surface area contributed by atoms with E-state index in [1.54, 1.807) is 0 Å². The van der Waals surface area contributed by atoms with E-state index in [4.69, 9.17) is 9.53 Å². The van der Waals surface area contributed by atoms with Gasteiger partial charge in [-0.25, -0.2) is 0 Å². The number of hydrogen-bond acceptors (Lipinski definition) is 3. The Labute approximate surface area is 86.6 Å². The number of hydrogen-bond donors (Lipinski definition) is 1. The zero-order chi connectivity index (χ0) is 10.8. The average molecular weight is 218 g/mol. The Morgan fingerprint density at radius 1 is 1.29 bits per heavy atom. The summed E-state index contributed by atoms with van der Waals surface area (Å²) >= 11 is 0. The lowest BCUT2D eigenvalue weighted by molar-refractivity contribution is -0.137. The van der Waals surface area contributed by atoms with Crippen LogP contribution in [0.5, 0.6) is 0 Å². The summed E-state index contributed by atoms with van der Waals surface area (Å²) in [4.78, 5) is 21.1. The third kappa shape index (κ3) is 9.25. The molecule has 0 saturated heterocycles. The Morgan fingerprint density at radius 2 is 2.00 bits per heavy atom. The quantitative estimate of drug-likeness (QED) is 0.489. The molecule has 0 spiro atoms. The fraction of sp³-hybridized carbons (Fsp3) is 0.778. The second kappa shape index (κ2) is 8.74. The SMILES string of the molecule is CCCC[SiH2]OC(=O)CCCC(=O)O. The predicted molar refractivity (Wildman–Crippen MR) is 55.8 cm³/mol. The van der Waals surface area contributed by atoms with Crippen molar-refractivity contribution in [3.05, 3.63) is 0 Å². The Morgan fingerprint density at radius 3 is 2.57 bits per heavy atom. The highest BCUT2D eigenvalue weighted by atomic mass is 28.2. The molecule has 1 N–H and O–H groups in total. The lowest BCUT2D eigenvalue weighted by Crippen LogP contribution is -2.08. The van der Waals surface area contributed by atoms with Crippen LogP contribution in [0.2, 0.25) is 6.04 Å². The van der Waals surface area contributed by atoms with Crippen LogP contribution in [-0.4, -0.2) is 26.8 Å². The molecule has 0 unspecified atom stereocenters. The Hall–Kier alpha value is -0.843. The van der Waals surface area contributed by atoms with Crippen molar-refractivity contribution < 1.29 is 19.1 Å².